The van der Waals surface area contributed by atoms with Crippen molar-refractivity contribution in [2.24, 2.45) is 0 Å². The van der Waals surface area contributed by atoms with E-state index in [2.05, 4.69) is 46.8 Å². The molecule has 16 heavy (non-hydrogen) atoms. The van der Waals surface area contributed by atoms with Crippen molar-refractivity contribution in [3.05, 3.63) is 22.7 Å². The average molecular weight is 301 g/mol. The van der Waals surface area contributed by atoms with E-state index in [0.29, 0.717) is 11.3 Å². The maximum absolute atomic E-state index is 6.08. The highest BCUT2D eigenvalue weighted by Crippen LogP contribution is 2.33. The standard InChI is InChI=1S/C12H17BrN2S/c1-8-9(2)16-6-5-15(8)12-4-3-10(13)7-11(12)14/h3-4,7-9H,5-6,14H2,1-2H3. The van der Waals surface area contributed by atoms with Crippen molar-refractivity contribution in [2.45, 2.75) is 25.1 Å². The Labute approximate surface area is 110 Å². The highest BCUT2D eigenvalue weighted by Gasteiger charge is 2.26. The van der Waals surface area contributed by atoms with E-state index in [-0.39, 0.29) is 0 Å². The number of nitrogens with zero attached hydrogens (tertiary/aromatic N) is 1. The molecular formula is C12H17BrN2S. The molecular weight excluding hydrogens is 284 g/mol. The molecule has 0 radical (unpaired) electrons. The summed E-state index contributed by atoms with van der Waals surface area (Å²) in [6.07, 6.45) is 0. The first-order valence-corrected chi connectivity index (χ1v) is 7.37. The van der Waals surface area contributed by atoms with Gasteiger partial charge < -0.3 is 10.6 Å². The van der Waals surface area contributed by atoms with Crippen LogP contribution in [0, 0.1) is 0 Å². The van der Waals surface area contributed by atoms with Crippen LogP contribution in [-0.2, 0) is 0 Å². The summed E-state index contributed by atoms with van der Waals surface area (Å²) < 4.78 is 1.04. The lowest BCUT2D eigenvalue weighted by Gasteiger charge is -2.39. The number of nitrogen functional groups attached to an aromatic ring is 1. The highest BCUT2D eigenvalue weighted by atomic mass is 79.9. The predicted molar refractivity (Wildman–Crippen MR) is 77.3 cm³/mol. The summed E-state index contributed by atoms with van der Waals surface area (Å²) in [4.78, 5) is 2.42. The maximum atomic E-state index is 6.08. The Kier molecular flexibility index (Phi) is 3.70. The van der Waals surface area contributed by atoms with Gasteiger partial charge in [0, 0.05) is 28.1 Å². The average Bonchev–Trinajstić information content (AvgIpc) is 2.23. The molecule has 2 atom stereocenters. The van der Waals surface area contributed by atoms with E-state index in [9.17, 15) is 0 Å². The molecule has 88 valence electrons. The zero-order chi connectivity index (χ0) is 11.7. The van der Waals surface area contributed by atoms with E-state index < -0.39 is 0 Å². The highest BCUT2D eigenvalue weighted by molar-refractivity contribution is 9.10. The van der Waals surface area contributed by atoms with Crippen LogP contribution in [0.5, 0.6) is 0 Å². The fraction of sp³-hybridized carbons (Fsp3) is 0.500. The smallest absolute Gasteiger partial charge is 0.0603 e. The van der Waals surface area contributed by atoms with Crippen LogP contribution in [0.1, 0.15) is 13.8 Å². The van der Waals surface area contributed by atoms with Gasteiger partial charge in [0.1, 0.15) is 0 Å². The molecule has 0 aliphatic carbocycles. The second-order valence-electron chi connectivity index (χ2n) is 4.21. The van der Waals surface area contributed by atoms with Crippen molar-refractivity contribution >= 4 is 39.1 Å². The zero-order valence-electron chi connectivity index (χ0n) is 9.61. The van der Waals surface area contributed by atoms with Gasteiger partial charge in [-0.2, -0.15) is 11.8 Å². The van der Waals surface area contributed by atoms with Crippen molar-refractivity contribution in [3.8, 4) is 0 Å². The van der Waals surface area contributed by atoms with Crippen LogP contribution in [0.15, 0.2) is 22.7 Å². The number of thioether (sulfide) groups is 1. The minimum absolute atomic E-state index is 0.544. The van der Waals surface area contributed by atoms with Gasteiger partial charge in [-0.05, 0) is 25.1 Å². The largest absolute Gasteiger partial charge is 0.397 e. The summed E-state index contributed by atoms with van der Waals surface area (Å²) in [6.45, 7) is 5.65. The van der Waals surface area contributed by atoms with E-state index >= 15 is 0 Å². The van der Waals surface area contributed by atoms with Gasteiger partial charge in [0.05, 0.1) is 11.4 Å². The number of halogens is 1. The van der Waals surface area contributed by atoms with Crippen molar-refractivity contribution < 1.29 is 0 Å². The molecule has 0 saturated carbocycles. The second-order valence-corrected chi connectivity index (χ2v) is 6.61. The number of anilines is 2. The number of rotatable bonds is 1. The van der Waals surface area contributed by atoms with Crippen LogP contribution in [0.3, 0.4) is 0 Å². The molecule has 0 spiro atoms. The Morgan fingerprint density at radius 2 is 2.19 bits per heavy atom. The Bertz CT molecular complexity index is 383. The Hall–Kier alpha value is -0.350. The number of benzene rings is 1. The van der Waals surface area contributed by atoms with E-state index in [1.807, 2.05) is 17.8 Å². The molecule has 2 nitrogen and oxygen atoms in total. The van der Waals surface area contributed by atoms with Crippen molar-refractivity contribution in [3.63, 3.8) is 0 Å². The fourth-order valence-corrected chi connectivity index (χ4v) is 3.54. The lowest BCUT2D eigenvalue weighted by atomic mass is 10.1. The molecule has 1 aliphatic heterocycles. The Morgan fingerprint density at radius 1 is 1.44 bits per heavy atom. The monoisotopic (exact) mass is 300 g/mol. The van der Waals surface area contributed by atoms with Gasteiger partial charge in [-0.25, -0.2) is 0 Å². The summed E-state index contributed by atoms with van der Waals surface area (Å²) in [6, 6.07) is 6.69. The SMILES string of the molecule is CC1SCCN(c2ccc(Br)cc2N)C1C. The van der Waals surface area contributed by atoms with Crippen LogP contribution < -0.4 is 10.6 Å². The van der Waals surface area contributed by atoms with Crippen LogP contribution in [0.4, 0.5) is 11.4 Å². The minimum atomic E-state index is 0.544. The van der Waals surface area contributed by atoms with Gasteiger partial charge in [0.15, 0.2) is 0 Å². The molecule has 1 aromatic carbocycles. The molecule has 1 aliphatic rings. The summed E-state index contributed by atoms with van der Waals surface area (Å²) in [7, 11) is 0. The summed E-state index contributed by atoms with van der Waals surface area (Å²) >= 11 is 5.49. The molecule has 1 fully saturated rings. The molecule has 1 aromatic rings. The van der Waals surface area contributed by atoms with Gasteiger partial charge in [0.25, 0.3) is 0 Å². The summed E-state index contributed by atoms with van der Waals surface area (Å²) in [5, 5.41) is 0.664. The molecule has 1 heterocycles. The molecule has 2 N–H and O–H groups in total. The van der Waals surface area contributed by atoms with E-state index in [4.69, 9.17) is 5.73 Å². The predicted octanol–water partition coefficient (Wildman–Crippen LogP) is 3.36. The second kappa shape index (κ2) is 4.88. The third-order valence-corrected chi connectivity index (χ3v) is 5.01. The maximum Gasteiger partial charge on any atom is 0.0603 e. The topological polar surface area (TPSA) is 29.3 Å². The van der Waals surface area contributed by atoms with Crippen molar-refractivity contribution in [1.82, 2.24) is 0 Å². The van der Waals surface area contributed by atoms with Gasteiger partial charge in [-0.3, -0.25) is 0 Å². The number of hydrogen-bond donors (Lipinski definition) is 1. The lowest BCUT2D eigenvalue weighted by molar-refractivity contribution is 0.628. The normalized spacial score (nSPS) is 25.8. The van der Waals surface area contributed by atoms with Crippen LogP contribution >= 0.6 is 27.7 Å². The van der Waals surface area contributed by atoms with Gasteiger partial charge in [-0.15, -0.1) is 0 Å². The quantitative estimate of drug-likeness (QED) is 0.807. The lowest BCUT2D eigenvalue weighted by Crippen LogP contribution is -2.45. The Morgan fingerprint density at radius 3 is 2.88 bits per heavy atom. The molecule has 2 unspecified atom stereocenters. The first kappa shape index (κ1) is 12.1. The van der Waals surface area contributed by atoms with Gasteiger partial charge >= 0.3 is 0 Å². The number of nitrogens with two attached hydrogens (primary N) is 1. The van der Waals surface area contributed by atoms with Gasteiger partial charge in [0.2, 0.25) is 0 Å². The molecule has 0 bridgehead atoms. The van der Waals surface area contributed by atoms with E-state index in [0.717, 1.165) is 16.7 Å². The van der Waals surface area contributed by atoms with Crippen LogP contribution in [0.25, 0.3) is 0 Å². The van der Waals surface area contributed by atoms with Crippen LogP contribution in [0.2, 0.25) is 0 Å². The zero-order valence-corrected chi connectivity index (χ0v) is 12.0. The molecule has 0 amide bonds. The Balaban J connectivity index is 2.29. The summed E-state index contributed by atoms with van der Waals surface area (Å²) in [5.41, 5.74) is 8.11. The first-order valence-electron chi connectivity index (χ1n) is 5.53. The summed E-state index contributed by atoms with van der Waals surface area (Å²) in [5.74, 6) is 1.18. The molecule has 4 heteroatoms. The van der Waals surface area contributed by atoms with E-state index in [1.165, 1.54) is 11.4 Å². The third kappa shape index (κ3) is 2.33. The minimum Gasteiger partial charge on any atom is -0.397 e. The molecule has 0 aromatic heterocycles. The first-order chi connectivity index (χ1) is 7.59. The van der Waals surface area contributed by atoms with Gasteiger partial charge in [-0.1, -0.05) is 22.9 Å². The molecule has 1 saturated heterocycles. The molecule has 2 rings (SSSR count). The van der Waals surface area contributed by atoms with Crippen molar-refractivity contribution in [2.75, 3.05) is 22.9 Å². The number of hydrogen-bond acceptors (Lipinski definition) is 3. The van der Waals surface area contributed by atoms with Crippen molar-refractivity contribution in [1.29, 1.82) is 0 Å². The fourth-order valence-electron chi connectivity index (χ4n) is 2.06. The third-order valence-electron chi connectivity index (χ3n) is 3.18. The van der Waals surface area contributed by atoms with E-state index in [1.54, 1.807) is 0 Å². The van der Waals surface area contributed by atoms with Crippen LogP contribution in [-0.4, -0.2) is 23.6 Å².